The normalized spacial score (nSPS) is 8.53. The van der Waals surface area contributed by atoms with Gasteiger partial charge in [-0.05, 0) is 6.07 Å². The number of anilines is 1. The van der Waals surface area contributed by atoms with Crippen LogP contribution in [0, 0.1) is 0 Å². The Balaban J connectivity index is 0.000000342. The number of aromatic amines is 1. The molecule has 15 heavy (non-hydrogen) atoms. The third-order valence-corrected chi connectivity index (χ3v) is 1.52. The minimum absolute atomic E-state index is 0.775. The van der Waals surface area contributed by atoms with Crippen molar-refractivity contribution in [2.75, 3.05) is 5.73 Å². The first kappa shape index (κ1) is 13.5. The summed E-state index contributed by atoms with van der Waals surface area (Å²) < 4.78 is 0. The highest BCUT2D eigenvalue weighted by Crippen LogP contribution is 2.17. The molecule has 0 spiro atoms. The predicted molar refractivity (Wildman–Crippen MR) is 67.8 cm³/mol. The maximum absolute atomic E-state index is 5.62. The standard InChI is InChI=1S/C7H7N3.C3H8.C2H6/c8-6-3-10-7-4-9-2-1-5(6)7;1-3-2;1-2/h1-4,10H,8H2;3H2,1-2H3;1-2H3. The molecule has 0 unspecified atom stereocenters. The third kappa shape index (κ3) is 4.02. The summed E-state index contributed by atoms with van der Waals surface area (Å²) in [4.78, 5) is 6.94. The number of nitrogen functional groups attached to an aromatic ring is 1. The van der Waals surface area contributed by atoms with Crippen LogP contribution in [-0.2, 0) is 0 Å². The fourth-order valence-electron chi connectivity index (χ4n) is 0.994. The van der Waals surface area contributed by atoms with Crippen LogP contribution < -0.4 is 5.73 Å². The van der Waals surface area contributed by atoms with Crippen LogP contribution in [0.1, 0.15) is 34.1 Å². The molecule has 2 aromatic heterocycles. The van der Waals surface area contributed by atoms with Gasteiger partial charge in [0.15, 0.2) is 0 Å². The molecule has 2 rings (SSSR count). The lowest BCUT2D eigenvalue weighted by molar-refractivity contribution is 1.09. The van der Waals surface area contributed by atoms with Gasteiger partial charge >= 0.3 is 0 Å². The molecule has 0 saturated heterocycles. The Labute approximate surface area is 91.7 Å². The molecule has 0 aliphatic heterocycles. The van der Waals surface area contributed by atoms with E-state index < -0.39 is 0 Å². The molecule has 0 fully saturated rings. The highest BCUT2D eigenvalue weighted by Gasteiger charge is 1.96. The van der Waals surface area contributed by atoms with Crippen molar-refractivity contribution in [1.82, 2.24) is 9.97 Å². The van der Waals surface area contributed by atoms with Crippen molar-refractivity contribution >= 4 is 16.6 Å². The molecule has 84 valence electrons. The van der Waals surface area contributed by atoms with E-state index in [1.54, 1.807) is 18.6 Å². The maximum atomic E-state index is 5.62. The van der Waals surface area contributed by atoms with Gasteiger partial charge in [0.1, 0.15) is 0 Å². The lowest BCUT2D eigenvalue weighted by Crippen LogP contribution is -1.79. The van der Waals surface area contributed by atoms with Crippen LogP contribution in [0.5, 0.6) is 0 Å². The van der Waals surface area contributed by atoms with Gasteiger partial charge in [0.2, 0.25) is 0 Å². The first-order valence-electron chi connectivity index (χ1n) is 5.46. The molecule has 0 aliphatic rings. The molecule has 3 heteroatoms. The summed E-state index contributed by atoms with van der Waals surface area (Å²) in [6.45, 7) is 8.25. The first-order chi connectivity index (χ1) is 7.29. The van der Waals surface area contributed by atoms with Crippen molar-refractivity contribution in [3.8, 4) is 0 Å². The Morgan fingerprint density at radius 2 is 1.93 bits per heavy atom. The highest BCUT2D eigenvalue weighted by molar-refractivity contribution is 5.90. The summed E-state index contributed by atoms with van der Waals surface area (Å²) in [5.74, 6) is 0. The highest BCUT2D eigenvalue weighted by atomic mass is 14.8. The van der Waals surface area contributed by atoms with Crippen molar-refractivity contribution in [1.29, 1.82) is 0 Å². The Kier molecular flexibility index (Phi) is 7.06. The van der Waals surface area contributed by atoms with E-state index in [1.807, 2.05) is 19.9 Å². The molecule has 0 bridgehead atoms. The number of hydrogen-bond acceptors (Lipinski definition) is 2. The van der Waals surface area contributed by atoms with Crippen LogP contribution in [0.3, 0.4) is 0 Å². The summed E-state index contributed by atoms with van der Waals surface area (Å²) in [5, 5.41) is 1.04. The molecule has 2 heterocycles. The lowest BCUT2D eigenvalue weighted by Gasteiger charge is -1.86. The summed E-state index contributed by atoms with van der Waals surface area (Å²) in [6.07, 6.45) is 6.50. The van der Waals surface area contributed by atoms with E-state index in [1.165, 1.54) is 6.42 Å². The van der Waals surface area contributed by atoms with Crippen LogP contribution in [0.2, 0.25) is 0 Å². The molecule has 0 saturated carbocycles. The van der Waals surface area contributed by atoms with E-state index >= 15 is 0 Å². The average molecular weight is 207 g/mol. The zero-order chi connectivity index (χ0) is 11.7. The molecule has 0 aromatic carbocycles. The summed E-state index contributed by atoms with van der Waals surface area (Å²) in [5.41, 5.74) is 7.38. The van der Waals surface area contributed by atoms with Gasteiger partial charge in [-0.1, -0.05) is 34.1 Å². The fourth-order valence-corrected chi connectivity index (χ4v) is 0.994. The number of H-pyrrole nitrogens is 1. The number of rotatable bonds is 0. The number of nitrogens with two attached hydrogens (primary N) is 1. The second kappa shape index (κ2) is 7.85. The van der Waals surface area contributed by atoms with E-state index in [-0.39, 0.29) is 0 Å². The molecule has 0 radical (unpaired) electrons. The second-order valence-corrected chi connectivity index (χ2v) is 2.87. The van der Waals surface area contributed by atoms with Crippen LogP contribution in [0.15, 0.2) is 24.7 Å². The molecule has 3 nitrogen and oxygen atoms in total. The molecule has 0 aliphatic carbocycles. The number of hydrogen-bond donors (Lipinski definition) is 2. The first-order valence-corrected chi connectivity index (χ1v) is 5.46. The van der Waals surface area contributed by atoms with Gasteiger partial charge in [-0.15, -0.1) is 0 Å². The number of fused-ring (bicyclic) bond motifs is 1. The van der Waals surface area contributed by atoms with Crippen LogP contribution in [-0.4, -0.2) is 9.97 Å². The van der Waals surface area contributed by atoms with Crippen molar-refractivity contribution in [2.24, 2.45) is 0 Å². The monoisotopic (exact) mass is 207 g/mol. The van der Waals surface area contributed by atoms with Crippen LogP contribution in [0.4, 0.5) is 5.69 Å². The largest absolute Gasteiger partial charge is 0.397 e. The van der Waals surface area contributed by atoms with Crippen molar-refractivity contribution in [2.45, 2.75) is 34.1 Å². The smallest absolute Gasteiger partial charge is 0.0661 e. The Morgan fingerprint density at radius 3 is 2.47 bits per heavy atom. The van der Waals surface area contributed by atoms with E-state index in [2.05, 4.69) is 23.8 Å². The Hall–Kier alpha value is -1.51. The minimum atomic E-state index is 0.775. The summed E-state index contributed by atoms with van der Waals surface area (Å²) in [7, 11) is 0. The van der Waals surface area contributed by atoms with E-state index in [0.29, 0.717) is 0 Å². The number of nitrogens with one attached hydrogen (secondary N) is 1. The van der Waals surface area contributed by atoms with Crippen molar-refractivity contribution in [3.05, 3.63) is 24.7 Å². The minimum Gasteiger partial charge on any atom is -0.397 e. The predicted octanol–water partition coefficient (Wildman–Crippen LogP) is 3.59. The maximum Gasteiger partial charge on any atom is 0.0661 e. The number of aromatic nitrogens is 2. The van der Waals surface area contributed by atoms with Crippen molar-refractivity contribution < 1.29 is 0 Å². The SMILES string of the molecule is CC.CCC.Nc1c[nH]c2cnccc12. The van der Waals surface area contributed by atoms with Gasteiger partial charge in [-0.3, -0.25) is 4.98 Å². The number of pyridine rings is 1. The van der Waals surface area contributed by atoms with Crippen LogP contribution >= 0.6 is 0 Å². The van der Waals surface area contributed by atoms with E-state index in [0.717, 1.165) is 16.6 Å². The van der Waals surface area contributed by atoms with E-state index in [9.17, 15) is 0 Å². The molecule has 0 amide bonds. The van der Waals surface area contributed by atoms with Gasteiger partial charge in [0.25, 0.3) is 0 Å². The molecule has 2 aromatic rings. The van der Waals surface area contributed by atoms with Gasteiger partial charge in [0.05, 0.1) is 17.4 Å². The Morgan fingerprint density at radius 1 is 1.33 bits per heavy atom. The fraction of sp³-hybridized carbons (Fsp3) is 0.417. The summed E-state index contributed by atoms with van der Waals surface area (Å²) >= 11 is 0. The van der Waals surface area contributed by atoms with Gasteiger partial charge < -0.3 is 10.7 Å². The zero-order valence-electron chi connectivity index (χ0n) is 10.0. The van der Waals surface area contributed by atoms with Gasteiger partial charge in [0, 0.05) is 17.8 Å². The average Bonchev–Trinajstić information content (AvgIpc) is 2.65. The third-order valence-electron chi connectivity index (χ3n) is 1.52. The summed E-state index contributed by atoms with van der Waals surface area (Å²) in [6, 6.07) is 1.89. The molecular weight excluding hydrogens is 186 g/mol. The van der Waals surface area contributed by atoms with E-state index in [4.69, 9.17) is 5.73 Å². The topological polar surface area (TPSA) is 54.7 Å². The van der Waals surface area contributed by atoms with Gasteiger partial charge in [-0.2, -0.15) is 0 Å². The zero-order valence-corrected chi connectivity index (χ0v) is 10.0. The van der Waals surface area contributed by atoms with Crippen molar-refractivity contribution in [3.63, 3.8) is 0 Å². The quantitative estimate of drug-likeness (QED) is 0.693. The lowest BCUT2D eigenvalue weighted by atomic mass is 10.3. The molecule has 3 N–H and O–H groups in total. The second-order valence-electron chi connectivity index (χ2n) is 2.87. The Bertz CT molecular complexity index is 366. The van der Waals surface area contributed by atoms with Gasteiger partial charge in [-0.25, -0.2) is 0 Å². The number of nitrogens with zero attached hydrogens (tertiary/aromatic N) is 1. The molecule has 0 atom stereocenters. The molecular formula is C12H21N3. The van der Waals surface area contributed by atoms with Crippen LogP contribution in [0.25, 0.3) is 10.9 Å².